The molecule has 8 nitrogen and oxygen atoms in total. The molecule has 3 rings (SSSR count). The fourth-order valence-electron chi connectivity index (χ4n) is 3.88. The number of nitrogens with zero attached hydrogens (tertiary/aromatic N) is 3. The molecule has 1 aliphatic rings. The first-order valence-electron chi connectivity index (χ1n) is 11.5. The van der Waals surface area contributed by atoms with Crippen LogP contribution in [0.1, 0.15) is 54.3 Å². The highest BCUT2D eigenvalue weighted by Gasteiger charge is 2.52. The molecule has 1 aliphatic heterocycles. The number of methoxy groups -OCH3 is 1. The maximum atomic E-state index is 14.6. The van der Waals surface area contributed by atoms with Gasteiger partial charge in [-0.15, -0.1) is 0 Å². The van der Waals surface area contributed by atoms with E-state index < -0.39 is 35.8 Å². The van der Waals surface area contributed by atoms with E-state index in [1.165, 1.54) is 17.0 Å². The van der Waals surface area contributed by atoms with Crippen LogP contribution in [-0.2, 0) is 25.3 Å². The SMILES string of the molecule is COC(CN(C)C(=O)OC(C)(C)C)Cn1c(C)nc2cc(F)cc(B3OC(C)(C)C(C)(C)O3)c21. The molecule has 1 unspecified atom stereocenters. The lowest BCUT2D eigenvalue weighted by molar-refractivity contribution is 0.00578. The predicted molar refractivity (Wildman–Crippen MR) is 130 cm³/mol. The Bertz CT molecular complexity index is 1050. The Morgan fingerprint density at radius 3 is 2.35 bits per heavy atom. The van der Waals surface area contributed by atoms with E-state index in [2.05, 4.69) is 4.98 Å². The van der Waals surface area contributed by atoms with Gasteiger partial charge in [0, 0.05) is 25.7 Å². The van der Waals surface area contributed by atoms with Crippen LogP contribution in [0, 0.1) is 12.7 Å². The van der Waals surface area contributed by atoms with Crippen molar-refractivity contribution in [2.75, 3.05) is 20.7 Å². The molecule has 1 atom stereocenters. The maximum Gasteiger partial charge on any atom is 0.497 e. The van der Waals surface area contributed by atoms with Crippen LogP contribution in [0.15, 0.2) is 12.1 Å². The first kappa shape index (κ1) is 26.4. The molecule has 1 aromatic carbocycles. The van der Waals surface area contributed by atoms with Gasteiger partial charge in [0.25, 0.3) is 0 Å². The van der Waals surface area contributed by atoms with Gasteiger partial charge in [-0.1, -0.05) is 0 Å². The minimum absolute atomic E-state index is 0.303. The van der Waals surface area contributed by atoms with Crippen molar-refractivity contribution in [3.63, 3.8) is 0 Å². The van der Waals surface area contributed by atoms with Crippen molar-refractivity contribution in [3.05, 3.63) is 23.8 Å². The van der Waals surface area contributed by atoms with Gasteiger partial charge in [-0.2, -0.15) is 0 Å². The Balaban J connectivity index is 1.94. The second-order valence-electron chi connectivity index (χ2n) is 10.9. The van der Waals surface area contributed by atoms with Crippen molar-refractivity contribution in [1.82, 2.24) is 14.5 Å². The van der Waals surface area contributed by atoms with Crippen molar-refractivity contribution in [2.24, 2.45) is 0 Å². The molecular formula is C24H37BFN3O5. The summed E-state index contributed by atoms with van der Waals surface area (Å²) in [6.45, 7) is 15.9. The summed E-state index contributed by atoms with van der Waals surface area (Å²) >= 11 is 0. The van der Waals surface area contributed by atoms with Crippen LogP contribution >= 0.6 is 0 Å². The summed E-state index contributed by atoms with van der Waals surface area (Å²) in [4.78, 5) is 18.5. The molecule has 0 aliphatic carbocycles. The number of aromatic nitrogens is 2. The summed E-state index contributed by atoms with van der Waals surface area (Å²) < 4.78 is 40.1. The van der Waals surface area contributed by atoms with Crippen molar-refractivity contribution < 1.29 is 28.0 Å². The van der Waals surface area contributed by atoms with Crippen molar-refractivity contribution in [2.45, 2.75) is 84.8 Å². The number of likely N-dealkylation sites (N-methyl/N-ethyl adjacent to an activating group) is 1. The Morgan fingerprint density at radius 1 is 1.24 bits per heavy atom. The molecule has 0 bridgehead atoms. The monoisotopic (exact) mass is 477 g/mol. The number of amides is 1. The molecule has 188 valence electrons. The van der Waals surface area contributed by atoms with E-state index in [9.17, 15) is 9.18 Å². The van der Waals surface area contributed by atoms with Gasteiger partial charge in [-0.05, 0) is 61.5 Å². The number of carbonyl (C=O) groups excluding carboxylic acids is 1. The van der Waals surface area contributed by atoms with Crippen LogP contribution in [0.2, 0.25) is 0 Å². The summed E-state index contributed by atoms with van der Waals surface area (Å²) in [5.41, 5.74) is 0.0804. The Kier molecular flexibility index (Phi) is 7.10. The second-order valence-corrected chi connectivity index (χ2v) is 10.9. The number of carbonyl (C=O) groups is 1. The lowest BCUT2D eigenvalue weighted by Gasteiger charge is -2.32. The number of imidazole rings is 1. The minimum atomic E-state index is -0.747. The molecule has 1 amide bonds. The largest absolute Gasteiger partial charge is 0.497 e. The molecule has 1 aromatic heterocycles. The number of rotatable bonds is 6. The molecule has 2 heterocycles. The molecule has 0 N–H and O–H groups in total. The van der Waals surface area contributed by atoms with Crippen LogP contribution in [0.25, 0.3) is 11.0 Å². The molecule has 0 spiro atoms. The van der Waals surface area contributed by atoms with Crippen molar-refractivity contribution in [1.29, 1.82) is 0 Å². The maximum absolute atomic E-state index is 14.6. The number of fused-ring (bicyclic) bond motifs is 1. The molecule has 0 radical (unpaired) electrons. The number of hydrogen-bond donors (Lipinski definition) is 0. The van der Waals surface area contributed by atoms with Gasteiger partial charge in [0.2, 0.25) is 0 Å². The van der Waals surface area contributed by atoms with Gasteiger partial charge in [0.15, 0.2) is 0 Å². The van der Waals surface area contributed by atoms with E-state index in [1.54, 1.807) is 14.2 Å². The Hall–Kier alpha value is -2.17. The highest BCUT2D eigenvalue weighted by Crippen LogP contribution is 2.37. The van der Waals surface area contributed by atoms with E-state index in [-0.39, 0.29) is 6.10 Å². The zero-order valence-corrected chi connectivity index (χ0v) is 22.0. The summed E-state index contributed by atoms with van der Waals surface area (Å²) in [6.07, 6.45) is -0.786. The third kappa shape index (κ3) is 5.39. The smallest absolute Gasteiger partial charge is 0.444 e. The molecule has 10 heteroatoms. The number of hydrogen-bond acceptors (Lipinski definition) is 6. The van der Waals surface area contributed by atoms with Gasteiger partial charge < -0.3 is 28.2 Å². The zero-order chi connectivity index (χ0) is 25.6. The van der Waals surface area contributed by atoms with Gasteiger partial charge in [0.1, 0.15) is 17.2 Å². The first-order chi connectivity index (χ1) is 15.5. The van der Waals surface area contributed by atoms with Gasteiger partial charge >= 0.3 is 13.2 Å². The lowest BCUT2D eigenvalue weighted by Crippen LogP contribution is -2.41. The summed E-state index contributed by atoms with van der Waals surface area (Å²) in [5.74, 6) is 0.287. The standard InChI is InChI=1S/C24H37BFN3O5/c1-15-27-19-12-16(26)11-18(25-33-23(5,6)24(7,8)34-25)20(19)29(15)14-17(31-10)13-28(9)21(30)32-22(2,3)4/h11-12,17H,13-14H2,1-10H3. The Labute approximate surface area is 201 Å². The van der Waals surface area contributed by atoms with Crippen LogP contribution in [0.3, 0.4) is 0 Å². The fraction of sp³-hybridized carbons (Fsp3) is 0.667. The topological polar surface area (TPSA) is 75.0 Å². The van der Waals surface area contributed by atoms with Crippen LogP contribution < -0.4 is 5.46 Å². The number of benzene rings is 1. The van der Waals surface area contributed by atoms with E-state index >= 15 is 0 Å². The minimum Gasteiger partial charge on any atom is -0.444 e. The van der Waals surface area contributed by atoms with E-state index in [0.717, 1.165) is 5.52 Å². The number of halogens is 1. The van der Waals surface area contributed by atoms with Gasteiger partial charge in [-0.3, -0.25) is 0 Å². The average Bonchev–Trinajstić information content (AvgIpc) is 3.10. The normalized spacial score (nSPS) is 18.4. The third-order valence-corrected chi connectivity index (χ3v) is 6.44. The van der Waals surface area contributed by atoms with Gasteiger partial charge in [-0.25, -0.2) is 14.2 Å². The molecule has 2 aromatic rings. The third-order valence-electron chi connectivity index (χ3n) is 6.44. The summed E-state index contributed by atoms with van der Waals surface area (Å²) in [5, 5.41) is 0. The predicted octanol–water partition coefficient (Wildman–Crippen LogP) is 3.66. The fourth-order valence-corrected chi connectivity index (χ4v) is 3.88. The van der Waals surface area contributed by atoms with Crippen LogP contribution in [0.5, 0.6) is 0 Å². The zero-order valence-electron chi connectivity index (χ0n) is 22.0. The molecular weight excluding hydrogens is 440 g/mol. The molecule has 34 heavy (non-hydrogen) atoms. The molecule has 1 saturated heterocycles. The van der Waals surface area contributed by atoms with Crippen LogP contribution in [0.4, 0.5) is 9.18 Å². The van der Waals surface area contributed by atoms with Crippen LogP contribution in [-0.4, -0.2) is 71.3 Å². The molecule has 0 saturated carbocycles. The summed E-state index contributed by atoms with van der Waals surface area (Å²) in [7, 11) is 2.52. The highest BCUT2D eigenvalue weighted by molar-refractivity contribution is 6.65. The average molecular weight is 477 g/mol. The second kappa shape index (κ2) is 9.13. The van der Waals surface area contributed by atoms with E-state index in [1.807, 2.05) is 60.0 Å². The highest BCUT2D eigenvalue weighted by atomic mass is 19.1. The van der Waals surface area contributed by atoms with Gasteiger partial charge in [0.05, 0.1) is 41.4 Å². The lowest BCUT2D eigenvalue weighted by atomic mass is 9.78. The Morgan fingerprint density at radius 2 is 1.82 bits per heavy atom. The quantitative estimate of drug-likeness (QED) is 0.592. The molecule has 1 fully saturated rings. The van der Waals surface area contributed by atoms with Crippen molar-refractivity contribution in [3.8, 4) is 0 Å². The summed E-state index contributed by atoms with van der Waals surface area (Å²) in [6, 6.07) is 2.85. The van der Waals surface area contributed by atoms with E-state index in [0.29, 0.717) is 29.9 Å². The number of aryl methyl sites for hydroxylation is 1. The first-order valence-corrected chi connectivity index (χ1v) is 11.5. The van der Waals surface area contributed by atoms with Crippen molar-refractivity contribution >= 4 is 29.7 Å². The number of ether oxygens (including phenoxy) is 2. The van der Waals surface area contributed by atoms with E-state index in [4.69, 9.17) is 18.8 Å².